The Bertz CT molecular complexity index is 637. The van der Waals surface area contributed by atoms with Crippen molar-refractivity contribution in [3.05, 3.63) is 51.4 Å². The summed E-state index contributed by atoms with van der Waals surface area (Å²) >= 11 is 7.31. The lowest BCUT2D eigenvalue weighted by atomic mass is 10.3. The molecule has 0 aliphatic carbocycles. The van der Waals surface area contributed by atoms with E-state index in [1.54, 1.807) is 18.2 Å². The highest BCUT2D eigenvalue weighted by atomic mass is 35.5. The van der Waals surface area contributed by atoms with E-state index in [1.807, 2.05) is 6.92 Å². The van der Waals surface area contributed by atoms with Gasteiger partial charge in [0.05, 0.1) is 4.92 Å². The van der Waals surface area contributed by atoms with Gasteiger partial charge in [0.25, 0.3) is 5.69 Å². The summed E-state index contributed by atoms with van der Waals surface area (Å²) in [4.78, 5) is 19.4. The van der Waals surface area contributed by atoms with Crippen molar-refractivity contribution in [1.29, 1.82) is 0 Å². The second-order valence-electron chi connectivity index (χ2n) is 3.94. The topological polar surface area (TPSA) is 78.2 Å². The van der Waals surface area contributed by atoms with Gasteiger partial charge in [0, 0.05) is 29.7 Å². The molecule has 21 heavy (non-hydrogen) atoms. The predicted octanol–water partition coefficient (Wildman–Crippen LogP) is 3.73. The number of ether oxygens (including phenoxy) is 1. The van der Waals surface area contributed by atoms with E-state index in [-0.39, 0.29) is 5.69 Å². The minimum Gasteiger partial charge on any atom is -0.374 e. The fraction of sp³-hybridized carbons (Fsp3) is 0.231. The normalized spacial score (nSPS) is 10.6. The number of aromatic nitrogens is 2. The van der Waals surface area contributed by atoms with Gasteiger partial charge in [-0.2, -0.15) is 0 Å². The minimum atomic E-state index is -0.434. The fourth-order valence-corrected chi connectivity index (χ4v) is 2.61. The lowest BCUT2D eigenvalue weighted by molar-refractivity contribution is -0.384. The molecular weight excluding hydrogens is 314 g/mol. The van der Waals surface area contributed by atoms with Crippen molar-refractivity contribution in [2.75, 3.05) is 6.61 Å². The van der Waals surface area contributed by atoms with Crippen LogP contribution in [-0.4, -0.2) is 21.5 Å². The van der Waals surface area contributed by atoms with E-state index >= 15 is 0 Å². The molecule has 8 heteroatoms. The van der Waals surface area contributed by atoms with Gasteiger partial charge in [0.1, 0.15) is 16.8 Å². The Balaban J connectivity index is 2.14. The van der Waals surface area contributed by atoms with Gasteiger partial charge in [-0.15, -0.1) is 0 Å². The lowest BCUT2D eigenvalue weighted by Crippen LogP contribution is -2.00. The molecule has 0 spiro atoms. The number of nitro groups is 1. The molecule has 6 nitrogen and oxygen atoms in total. The number of nitrogens with zero attached hydrogens (tertiary/aromatic N) is 3. The molecule has 0 N–H and O–H groups in total. The van der Waals surface area contributed by atoms with Crippen LogP contribution >= 0.6 is 23.4 Å². The number of hydrogen-bond acceptors (Lipinski definition) is 6. The first-order valence-electron chi connectivity index (χ1n) is 6.12. The SMILES string of the molecule is CCOCc1nc(Cl)cc(Sc2ccc([N+](=O)[O-])cc2)n1. The van der Waals surface area contributed by atoms with Crippen molar-refractivity contribution >= 4 is 29.1 Å². The number of hydrogen-bond donors (Lipinski definition) is 0. The van der Waals surface area contributed by atoms with Gasteiger partial charge in [0.2, 0.25) is 0 Å². The van der Waals surface area contributed by atoms with Gasteiger partial charge in [-0.05, 0) is 19.1 Å². The number of rotatable bonds is 6. The van der Waals surface area contributed by atoms with Crippen LogP contribution in [0.2, 0.25) is 5.15 Å². The zero-order valence-corrected chi connectivity index (χ0v) is 12.7. The van der Waals surface area contributed by atoms with Crippen molar-refractivity contribution in [1.82, 2.24) is 9.97 Å². The van der Waals surface area contributed by atoms with Gasteiger partial charge < -0.3 is 4.74 Å². The number of nitro benzene ring substituents is 1. The van der Waals surface area contributed by atoms with Gasteiger partial charge in [-0.25, -0.2) is 9.97 Å². The largest absolute Gasteiger partial charge is 0.374 e. The summed E-state index contributed by atoms with van der Waals surface area (Å²) in [6.45, 7) is 2.75. The summed E-state index contributed by atoms with van der Waals surface area (Å²) in [5.41, 5.74) is 0.0529. The maximum absolute atomic E-state index is 10.6. The Kier molecular flexibility index (Phi) is 5.49. The van der Waals surface area contributed by atoms with Gasteiger partial charge in [0.15, 0.2) is 5.82 Å². The van der Waals surface area contributed by atoms with Gasteiger partial charge in [-0.1, -0.05) is 23.4 Å². The summed E-state index contributed by atoms with van der Waals surface area (Å²) in [6, 6.07) is 7.88. The second-order valence-corrected chi connectivity index (χ2v) is 5.42. The first kappa shape index (κ1) is 15.7. The van der Waals surface area contributed by atoms with Crippen LogP contribution in [0.1, 0.15) is 12.7 Å². The summed E-state index contributed by atoms with van der Waals surface area (Å²) in [5.74, 6) is 0.508. The van der Waals surface area contributed by atoms with Crippen LogP contribution < -0.4 is 0 Å². The number of non-ortho nitro benzene ring substituents is 1. The zero-order valence-electron chi connectivity index (χ0n) is 11.2. The maximum atomic E-state index is 10.6. The predicted molar refractivity (Wildman–Crippen MR) is 79.6 cm³/mol. The molecule has 2 rings (SSSR count). The zero-order chi connectivity index (χ0) is 15.2. The number of benzene rings is 1. The minimum absolute atomic E-state index is 0.0529. The Hall–Kier alpha value is -1.70. The highest BCUT2D eigenvalue weighted by molar-refractivity contribution is 7.99. The molecule has 1 heterocycles. The molecule has 0 amide bonds. The molecule has 0 saturated carbocycles. The molecule has 0 unspecified atom stereocenters. The molecule has 0 bridgehead atoms. The summed E-state index contributed by atoms with van der Waals surface area (Å²) in [7, 11) is 0. The van der Waals surface area contributed by atoms with E-state index in [0.717, 1.165) is 4.90 Å². The van der Waals surface area contributed by atoms with Gasteiger partial charge >= 0.3 is 0 Å². The molecular formula is C13H12ClN3O3S. The van der Waals surface area contributed by atoms with E-state index in [0.29, 0.717) is 29.2 Å². The van der Waals surface area contributed by atoms with Crippen molar-refractivity contribution in [3.8, 4) is 0 Å². The second kappa shape index (κ2) is 7.35. The van der Waals surface area contributed by atoms with E-state index in [9.17, 15) is 10.1 Å². The van der Waals surface area contributed by atoms with Crippen LogP contribution in [0.25, 0.3) is 0 Å². The fourth-order valence-electron chi connectivity index (χ4n) is 1.51. The quantitative estimate of drug-likeness (QED) is 0.457. The summed E-state index contributed by atoms with van der Waals surface area (Å²) in [6.07, 6.45) is 0. The van der Waals surface area contributed by atoms with Crippen LogP contribution in [0.3, 0.4) is 0 Å². The van der Waals surface area contributed by atoms with Crippen LogP contribution in [-0.2, 0) is 11.3 Å². The number of halogens is 1. The van der Waals surface area contributed by atoms with Crippen LogP contribution in [0.15, 0.2) is 40.3 Å². The van der Waals surface area contributed by atoms with E-state index in [4.69, 9.17) is 16.3 Å². The molecule has 1 aromatic heterocycles. The third-order valence-electron chi connectivity index (χ3n) is 2.42. The van der Waals surface area contributed by atoms with Crippen LogP contribution in [0.4, 0.5) is 5.69 Å². The molecule has 1 aromatic carbocycles. The lowest BCUT2D eigenvalue weighted by Gasteiger charge is -2.05. The first-order chi connectivity index (χ1) is 10.1. The third-order valence-corrected chi connectivity index (χ3v) is 3.54. The van der Waals surface area contributed by atoms with Gasteiger partial charge in [-0.3, -0.25) is 10.1 Å². The van der Waals surface area contributed by atoms with Crippen LogP contribution in [0, 0.1) is 10.1 Å². The third kappa shape index (κ3) is 4.66. The molecule has 0 aliphatic rings. The van der Waals surface area contributed by atoms with Crippen molar-refractivity contribution in [2.24, 2.45) is 0 Å². The molecule has 0 atom stereocenters. The monoisotopic (exact) mass is 325 g/mol. The molecule has 0 fully saturated rings. The average molecular weight is 326 g/mol. The smallest absolute Gasteiger partial charge is 0.269 e. The highest BCUT2D eigenvalue weighted by Crippen LogP contribution is 2.28. The molecule has 110 valence electrons. The summed E-state index contributed by atoms with van der Waals surface area (Å²) < 4.78 is 5.25. The molecule has 0 aliphatic heterocycles. The van der Waals surface area contributed by atoms with Crippen molar-refractivity contribution in [3.63, 3.8) is 0 Å². The first-order valence-corrected chi connectivity index (χ1v) is 7.31. The van der Waals surface area contributed by atoms with E-state index in [2.05, 4.69) is 9.97 Å². The standard InChI is InChI=1S/C13H12ClN3O3S/c1-2-20-8-12-15-11(14)7-13(16-12)21-10-5-3-9(4-6-10)17(18)19/h3-7H,2,8H2,1H3. The van der Waals surface area contributed by atoms with Crippen molar-refractivity contribution < 1.29 is 9.66 Å². The Morgan fingerprint density at radius 3 is 2.67 bits per heavy atom. The summed E-state index contributed by atoms with van der Waals surface area (Å²) in [5, 5.41) is 11.6. The average Bonchev–Trinajstić information content (AvgIpc) is 2.45. The van der Waals surface area contributed by atoms with Crippen molar-refractivity contribution in [2.45, 2.75) is 23.5 Å². The molecule has 0 saturated heterocycles. The molecule has 0 radical (unpaired) electrons. The van der Waals surface area contributed by atoms with Crippen LogP contribution in [0.5, 0.6) is 0 Å². The highest BCUT2D eigenvalue weighted by Gasteiger charge is 2.08. The van der Waals surface area contributed by atoms with E-state index in [1.165, 1.54) is 23.9 Å². The van der Waals surface area contributed by atoms with E-state index < -0.39 is 4.92 Å². The molecule has 2 aromatic rings. The Morgan fingerprint density at radius 1 is 1.33 bits per heavy atom. The maximum Gasteiger partial charge on any atom is 0.269 e. The Labute approximate surface area is 130 Å². The Morgan fingerprint density at radius 2 is 2.05 bits per heavy atom.